The summed E-state index contributed by atoms with van der Waals surface area (Å²) >= 11 is 0. The number of hydrogen-bond donors (Lipinski definition) is 1. The number of nitrogens with one attached hydrogen (secondary N) is 1. The molecule has 5 nitrogen and oxygen atoms in total. The zero-order valence-corrected chi connectivity index (χ0v) is 15.6. The van der Waals surface area contributed by atoms with Crippen LogP contribution in [0.1, 0.15) is 43.9 Å². The van der Waals surface area contributed by atoms with E-state index in [9.17, 15) is 0 Å². The molecule has 0 amide bonds. The molecule has 5 heteroatoms. The van der Waals surface area contributed by atoms with Gasteiger partial charge < -0.3 is 10.1 Å². The normalized spacial score (nSPS) is 24.0. The van der Waals surface area contributed by atoms with Crippen LogP contribution in [0.25, 0.3) is 0 Å². The van der Waals surface area contributed by atoms with Crippen LogP contribution in [-0.4, -0.2) is 40.1 Å². The molecule has 0 unspecified atom stereocenters. The Labute approximate surface area is 155 Å². The largest absolute Gasteiger partial charge is 0.367 e. The van der Waals surface area contributed by atoms with Crippen molar-refractivity contribution in [3.8, 4) is 0 Å². The quantitative estimate of drug-likeness (QED) is 0.860. The summed E-state index contributed by atoms with van der Waals surface area (Å²) in [6, 6.07) is 10.9. The van der Waals surface area contributed by atoms with E-state index in [0.29, 0.717) is 18.1 Å². The third kappa shape index (κ3) is 4.40. The molecule has 0 bridgehead atoms. The van der Waals surface area contributed by atoms with E-state index in [2.05, 4.69) is 64.4 Å². The zero-order valence-electron chi connectivity index (χ0n) is 15.6. The number of morpholine rings is 1. The topological polar surface area (TPSA) is 50.3 Å². The Balaban J connectivity index is 1.44. The van der Waals surface area contributed by atoms with Crippen LogP contribution in [0, 0.1) is 5.92 Å². The first-order valence-electron chi connectivity index (χ1n) is 9.67. The second-order valence-electron chi connectivity index (χ2n) is 7.82. The Bertz CT molecular complexity index is 700. The van der Waals surface area contributed by atoms with E-state index in [-0.39, 0.29) is 6.10 Å². The molecule has 26 heavy (non-hydrogen) atoms. The molecule has 1 saturated carbocycles. The fourth-order valence-corrected chi connectivity index (χ4v) is 3.60. The van der Waals surface area contributed by atoms with Gasteiger partial charge in [0.05, 0.1) is 12.2 Å². The molecule has 2 fully saturated rings. The van der Waals surface area contributed by atoms with Gasteiger partial charge in [0.2, 0.25) is 5.95 Å². The fourth-order valence-electron chi connectivity index (χ4n) is 3.60. The van der Waals surface area contributed by atoms with Crippen molar-refractivity contribution in [1.82, 2.24) is 14.9 Å². The molecule has 2 atom stereocenters. The summed E-state index contributed by atoms with van der Waals surface area (Å²) in [6.07, 6.45) is 6.99. The fraction of sp³-hybridized carbons (Fsp3) is 0.524. The van der Waals surface area contributed by atoms with Gasteiger partial charge in [-0.05, 0) is 38.2 Å². The smallest absolute Gasteiger partial charge is 0.222 e. The van der Waals surface area contributed by atoms with Gasteiger partial charge in [-0.15, -0.1) is 0 Å². The van der Waals surface area contributed by atoms with Crippen molar-refractivity contribution in [3.05, 3.63) is 53.9 Å². The van der Waals surface area contributed by atoms with Crippen molar-refractivity contribution in [2.24, 2.45) is 5.92 Å². The summed E-state index contributed by atoms with van der Waals surface area (Å²) in [5.74, 6) is 1.43. The molecule has 138 valence electrons. The number of benzene rings is 1. The van der Waals surface area contributed by atoms with E-state index in [1.807, 2.05) is 12.4 Å². The van der Waals surface area contributed by atoms with Gasteiger partial charge in [0.25, 0.3) is 0 Å². The van der Waals surface area contributed by atoms with Crippen molar-refractivity contribution >= 4 is 5.95 Å². The lowest BCUT2D eigenvalue weighted by molar-refractivity contribution is -0.0986. The molecule has 2 aromatic rings. The van der Waals surface area contributed by atoms with E-state index in [4.69, 9.17) is 4.74 Å². The molecule has 4 rings (SSSR count). The zero-order chi connectivity index (χ0) is 17.9. The summed E-state index contributed by atoms with van der Waals surface area (Å²) in [5, 5.41) is 3.24. The van der Waals surface area contributed by atoms with Gasteiger partial charge in [-0.25, -0.2) is 9.97 Å². The number of anilines is 1. The van der Waals surface area contributed by atoms with Crippen molar-refractivity contribution in [2.75, 3.05) is 18.4 Å². The Morgan fingerprint density at radius 1 is 1.12 bits per heavy atom. The predicted molar refractivity (Wildman–Crippen MR) is 103 cm³/mol. The standard InChI is InChI=1S/C21H28N4O/c1-15(2)24-21-22-10-16(11-23-21)12-25-13-19(17-6-4-3-5-7-17)26-20(14-25)18-8-9-18/h3-7,10-11,15,18-20H,8-9,12-14H2,1-2H3,(H,22,23,24)/t19-,20+/m0/s1. The van der Waals surface area contributed by atoms with E-state index < -0.39 is 0 Å². The van der Waals surface area contributed by atoms with Crippen LogP contribution in [0.2, 0.25) is 0 Å². The summed E-state index contributed by atoms with van der Waals surface area (Å²) < 4.78 is 6.44. The van der Waals surface area contributed by atoms with Gasteiger partial charge in [-0.3, -0.25) is 4.90 Å². The minimum atomic E-state index is 0.151. The van der Waals surface area contributed by atoms with Gasteiger partial charge in [-0.2, -0.15) is 0 Å². The van der Waals surface area contributed by atoms with Gasteiger partial charge in [0.15, 0.2) is 0 Å². The molecular weight excluding hydrogens is 324 g/mol. The maximum absolute atomic E-state index is 6.44. The van der Waals surface area contributed by atoms with Crippen LogP contribution >= 0.6 is 0 Å². The SMILES string of the molecule is CC(C)Nc1ncc(CN2C[C@@H](c3ccccc3)O[C@@H](C3CC3)C2)cn1. The maximum Gasteiger partial charge on any atom is 0.222 e. The highest BCUT2D eigenvalue weighted by atomic mass is 16.5. The van der Waals surface area contributed by atoms with Gasteiger partial charge >= 0.3 is 0 Å². The molecule has 1 N–H and O–H groups in total. The van der Waals surface area contributed by atoms with Crippen molar-refractivity contribution in [1.29, 1.82) is 0 Å². The monoisotopic (exact) mass is 352 g/mol. The number of aromatic nitrogens is 2. The minimum Gasteiger partial charge on any atom is -0.367 e. The number of hydrogen-bond acceptors (Lipinski definition) is 5. The van der Waals surface area contributed by atoms with Crippen molar-refractivity contribution < 1.29 is 4.74 Å². The molecule has 1 saturated heterocycles. The van der Waals surface area contributed by atoms with E-state index in [1.54, 1.807) is 0 Å². The number of rotatable bonds is 6. The molecule has 1 aromatic heterocycles. The van der Waals surface area contributed by atoms with Crippen molar-refractivity contribution in [2.45, 2.75) is 51.5 Å². The van der Waals surface area contributed by atoms with Crippen LogP contribution in [0.15, 0.2) is 42.7 Å². The van der Waals surface area contributed by atoms with E-state index >= 15 is 0 Å². The lowest BCUT2D eigenvalue weighted by Gasteiger charge is -2.38. The maximum atomic E-state index is 6.44. The summed E-state index contributed by atoms with van der Waals surface area (Å²) in [7, 11) is 0. The van der Waals surface area contributed by atoms with Gasteiger partial charge in [0.1, 0.15) is 0 Å². The average Bonchev–Trinajstić information content (AvgIpc) is 3.49. The third-order valence-electron chi connectivity index (χ3n) is 5.05. The summed E-state index contributed by atoms with van der Waals surface area (Å²) in [4.78, 5) is 11.4. The first-order valence-corrected chi connectivity index (χ1v) is 9.67. The van der Waals surface area contributed by atoms with Crippen LogP contribution in [0.4, 0.5) is 5.95 Å². The predicted octanol–water partition coefficient (Wildman–Crippen LogP) is 3.65. The number of ether oxygens (including phenoxy) is 1. The Hall–Kier alpha value is -1.98. The first kappa shape index (κ1) is 17.4. The summed E-state index contributed by atoms with van der Waals surface area (Å²) in [6.45, 7) is 6.97. The summed E-state index contributed by atoms with van der Waals surface area (Å²) in [5.41, 5.74) is 2.43. The molecule has 1 aliphatic carbocycles. The van der Waals surface area contributed by atoms with Crippen LogP contribution < -0.4 is 5.32 Å². The first-order chi connectivity index (χ1) is 12.7. The second kappa shape index (κ2) is 7.72. The molecule has 2 aliphatic rings. The Morgan fingerprint density at radius 3 is 2.50 bits per heavy atom. The molecule has 0 spiro atoms. The lowest BCUT2D eigenvalue weighted by atomic mass is 10.0. The van der Waals surface area contributed by atoms with Gasteiger partial charge in [0, 0.05) is 43.6 Å². The highest BCUT2D eigenvalue weighted by molar-refractivity contribution is 5.25. The lowest BCUT2D eigenvalue weighted by Crippen LogP contribution is -2.44. The Morgan fingerprint density at radius 2 is 1.85 bits per heavy atom. The van der Waals surface area contributed by atoms with Crippen LogP contribution in [0.5, 0.6) is 0 Å². The molecule has 0 radical (unpaired) electrons. The van der Waals surface area contributed by atoms with Crippen molar-refractivity contribution in [3.63, 3.8) is 0 Å². The Kier molecular flexibility index (Phi) is 5.18. The highest BCUT2D eigenvalue weighted by Crippen LogP contribution is 2.39. The average molecular weight is 352 g/mol. The van der Waals surface area contributed by atoms with Crippen LogP contribution in [-0.2, 0) is 11.3 Å². The highest BCUT2D eigenvalue weighted by Gasteiger charge is 2.38. The molecular formula is C21H28N4O. The van der Waals surface area contributed by atoms with Gasteiger partial charge in [-0.1, -0.05) is 30.3 Å². The minimum absolute atomic E-state index is 0.151. The molecule has 1 aromatic carbocycles. The third-order valence-corrected chi connectivity index (χ3v) is 5.05. The number of nitrogens with zero attached hydrogens (tertiary/aromatic N) is 3. The molecule has 1 aliphatic heterocycles. The molecule has 2 heterocycles. The van der Waals surface area contributed by atoms with Crippen LogP contribution in [0.3, 0.4) is 0 Å². The second-order valence-corrected chi connectivity index (χ2v) is 7.82. The van der Waals surface area contributed by atoms with E-state index in [0.717, 1.165) is 31.1 Å². The van der Waals surface area contributed by atoms with E-state index in [1.165, 1.54) is 18.4 Å².